The molecule has 0 aliphatic rings. The lowest BCUT2D eigenvalue weighted by atomic mass is 10.3. The number of ether oxygens (including phenoxy) is 1. The number of fused-ring (bicyclic) bond motifs is 1. The Balaban J connectivity index is 1.95. The van der Waals surface area contributed by atoms with Gasteiger partial charge in [0.05, 0.1) is 10.2 Å². The summed E-state index contributed by atoms with van der Waals surface area (Å²) in [6, 6.07) is 7.46. The van der Waals surface area contributed by atoms with Crippen LogP contribution in [0.15, 0.2) is 24.3 Å². The fourth-order valence-electron chi connectivity index (χ4n) is 1.84. The molecule has 2 heterocycles. The van der Waals surface area contributed by atoms with Crippen LogP contribution in [0.25, 0.3) is 10.2 Å². The van der Waals surface area contributed by atoms with Crippen molar-refractivity contribution in [2.75, 3.05) is 5.73 Å². The van der Waals surface area contributed by atoms with E-state index in [1.807, 2.05) is 32.0 Å². The molecule has 0 saturated heterocycles. The zero-order valence-electron chi connectivity index (χ0n) is 10.5. The Morgan fingerprint density at radius 1 is 1.11 bits per heavy atom. The van der Waals surface area contributed by atoms with E-state index in [0.717, 1.165) is 15.9 Å². The lowest BCUT2D eigenvalue weighted by molar-refractivity contribution is 0.459. The molecule has 0 bridgehead atoms. The molecule has 0 radical (unpaired) electrons. The quantitative estimate of drug-likeness (QED) is 0.776. The second-order valence-corrected chi connectivity index (χ2v) is 5.24. The van der Waals surface area contributed by atoms with Gasteiger partial charge in [-0.3, -0.25) is 0 Å². The standard InChI is InChI=1S/C13H12N4OS/c1-7-5-12(16-8(2)15-7)18-9-3-4-10-11(6-9)19-13(14)17-10/h3-6H,1-2H3,(H2,14,17). The van der Waals surface area contributed by atoms with Gasteiger partial charge < -0.3 is 10.5 Å². The molecule has 0 aliphatic carbocycles. The number of hydrogen-bond donors (Lipinski definition) is 1. The summed E-state index contributed by atoms with van der Waals surface area (Å²) in [5.74, 6) is 1.95. The zero-order valence-corrected chi connectivity index (χ0v) is 11.4. The number of rotatable bonds is 2. The van der Waals surface area contributed by atoms with Gasteiger partial charge in [-0.25, -0.2) is 9.97 Å². The van der Waals surface area contributed by atoms with E-state index < -0.39 is 0 Å². The van der Waals surface area contributed by atoms with Crippen LogP contribution >= 0.6 is 11.3 Å². The first-order valence-electron chi connectivity index (χ1n) is 5.76. The highest BCUT2D eigenvalue weighted by molar-refractivity contribution is 7.22. The Bertz CT molecular complexity index is 733. The van der Waals surface area contributed by atoms with Gasteiger partial charge >= 0.3 is 0 Å². The molecule has 0 spiro atoms. The Labute approximate surface area is 114 Å². The van der Waals surface area contributed by atoms with Crippen LogP contribution in [0, 0.1) is 13.8 Å². The molecular formula is C13H12N4OS. The molecule has 0 amide bonds. The summed E-state index contributed by atoms with van der Waals surface area (Å²) in [6.07, 6.45) is 0. The second-order valence-electron chi connectivity index (χ2n) is 4.18. The molecule has 5 nitrogen and oxygen atoms in total. The fraction of sp³-hybridized carbons (Fsp3) is 0.154. The van der Waals surface area contributed by atoms with E-state index in [0.29, 0.717) is 22.6 Å². The van der Waals surface area contributed by atoms with Crippen molar-refractivity contribution >= 4 is 26.7 Å². The van der Waals surface area contributed by atoms with Gasteiger partial charge in [-0.2, -0.15) is 4.98 Å². The lowest BCUT2D eigenvalue weighted by Crippen LogP contribution is -1.94. The summed E-state index contributed by atoms with van der Waals surface area (Å²) in [5.41, 5.74) is 7.44. The number of hydrogen-bond acceptors (Lipinski definition) is 6. The smallest absolute Gasteiger partial charge is 0.222 e. The van der Waals surface area contributed by atoms with Crippen molar-refractivity contribution < 1.29 is 4.74 Å². The maximum Gasteiger partial charge on any atom is 0.222 e. The van der Waals surface area contributed by atoms with Crippen molar-refractivity contribution in [1.29, 1.82) is 0 Å². The first-order valence-corrected chi connectivity index (χ1v) is 6.58. The molecule has 3 rings (SSSR count). The molecule has 3 aromatic rings. The van der Waals surface area contributed by atoms with Gasteiger partial charge in [-0.1, -0.05) is 11.3 Å². The molecule has 0 atom stereocenters. The van der Waals surface area contributed by atoms with Crippen LogP contribution in [0.1, 0.15) is 11.5 Å². The summed E-state index contributed by atoms with van der Waals surface area (Å²) in [5, 5.41) is 0.556. The molecule has 96 valence electrons. The van der Waals surface area contributed by atoms with Crippen molar-refractivity contribution in [3.63, 3.8) is 0 Å². The van der Waals surface area contributed by atoms with Crippen molar-refractivity contribution in [3.8, 4) is 11.6 Å². The molecule has 19 heavy (non-hydrogen) atoms. The molecule has 0 saturated carbocycles. The first-order chi connectivity index (χ1) is 9.10. The summed E-state index contributed by atoms with van der Waals surface area (Å²) < 4.78 is 6.74. The number of benzene rings is 1. The molecule has 0 aliphatic heterocycles. The van der Waals surface area contributed by atoms with E-state index in [-0.39, 0.29) is 0 Å². The van der Waals surface area contributed by atoms with Crippen molar-refractivity contribution in [2.45, 2.75) is 13.8 Å². The van der Waals surface area contributed by atoms with E-state index >= 15 is 0 Å². The normalized spacial score (nSPS) is 10.8. The van der Waals surface area contributed by atoms with E-state index in [2.05, 4.69) is 15.0 Å². The van der Waals surface area contributed by atoms with Gasteiger partial charge in [0.25, 0.3) is 0 Å². The molecule has 0 fully saturated rings. The topological polar surface area (TPSA) is 73.9 Å². The van der Waals surface area contributed by atoms with E-state index in [9.17, 15) is 0 Å². The Morgan fingerprint density at radius 2 is 1.95 bits per heavy atom. The third-order valence-electron chi connectivity index (χ3n) is 2.54. The number of aromatic nitrogens is 3. The van der Waals surface area contributed by atoms with Crippen molar-refractivity contribution in [1.82, 2.24) is 15.0 Å². The minimum absolute atomic E-state index is 0.543. The zero-order chi connectivity index (χ0) is 13.4. The Kier molecular flexibility index (Phi) is 2.79. The van der Waals surface area contributed by atoms with E-state index in [1.165, 1.54) is 11.3 Å². The molecule has 1 aromatic carbocycles. The Hall–Kier alpha value is -2.21. The minimum Gasteiger partial charge on any atom is -0.439 e. The fourth-order valence-corrected chi connectivity index (χ4v) is 2.60. The molecular weight excluding hydrogens is 260 g/mol. The predicted octanol–water partition coefficient (Wildman–Crippen LogP) is 3.08. The van der Waals surface area contributed by atoms with Crippen LogP contribution in [0.2, 0.25) is 0 Å². The van der Waals surface area contributed by atoms with Crippen LogP contribution in [0.3, 0.4) is 0 Å². The minimum atomic E-state index is 0.543. The van der Waals surface area contributed by atoms with E-state index in [1.54, 1.807) is 6.07 Å². The van der Waals surface area contributed by atoms with Crippen molar-refractivity contribution in [3.05, 3.63) is 35.8 Å². The highest BCUT2D eigenvalue weighted by Crippen LogP contribution is 2.29. The maximum absolute atomic E-state index is 5.74. The van der Waals surface area contributed by atoms with Gasteiger partial charge in [-0.05, 0) is 26.0 Å². The number of anilines is 1. The van der Waals surface area contributed by atoms with Gasteiger partial charge in [0, 0.05) is 17.8 Å². The average Bonchev–Trinajstić information content (AvgIpc) is 2.67. The largest absolute Gasteiger partial charge is 0.439 e. The van der Waals surface area contributed by atoms with E-state index in [4.69, 9.17) is 10.5 Å². The summed E-state index contributed by atoms with van der Waals surface area (Å²) in [6.45, 7) is 3.75. The highest BCUT2D eigenvalue weighted by atomic mass is 32.1. The van der Waals surface area contributed by atoms with Gasteiger partial charge in [0.1, 0.15) is 11.6 Å². The van der Waals surface area contributed by atoms with Gasteiger partial charge in [-0.15, -0.1) is 0 Å². The second kappa shape index (κ2) is 4.47. The lowest BCUT2D eigenvalue weighted by Gasteiger charge is -2.05. The van der Waals surface area contributed by atoms with Crippen LogP contribution in [0.5, 0.6) is 11.6 Å². The highest BCUT2D eigenvalue weighted by Gasteiger charge is 2.05. The molecule has 6 heteroatoms. The van der Waals surface area contributed by atoms with Crippen LogP contribution in [-0.2, 0) is 0 Å². The summed E-state index contributed by atoms with van der Waals surface area (Å²) in [4.78, 5) is 12.7. The molecule has 0 unspecified atom stereocenters. The summed E-state index contributed by atoms with van der Waals surface area (Å²) in [7, 11) is 0. The van der Waals surface area contributed by atoms with Crippen LogP contribution in [-0.4, -0.2) is 15.0 Å². The first kappa shape index (κ1) is 11.9. The monoisotopic (exact) mass is 272 g/mol. The van der Waals surface area contributed by atoms with Crippen molar-refractivity contribution in [2.24, 2.45) is 0 Å². The molecule has 2 aromatic heterocycles. The Morgan fingerprint density at radius 3 is 2.74 bits per heavy atom. The summed E-state index contributed by atoms with van der Waals surface area (Å²) >= 11 is 1.44. The average molecular weight is 272 g/mol. The number of nitrogen functional groups attached to an aromatic ring is 1. The SMILES string of the molecule is Cc1cc(Oc2ccc3nc(N)sc3c2)nc(C)n1. The molecule has 2 N–H and O–H groups in total. The third kappa shape index (κ3) is 2.48. The third-order valence-corrected chi connectivity index (χ3v) is 3.39. The van der Waals surface area contributed by atoms with Gasteiger partial charge in [0.15, 0.2) is 5.13 Å². The maximum atomic E-state index is 5.74. The number of aryl methyl sites for hydroxylation is 2. The number of thiazole rings is 1. The number of nitrogens with two attached hydrogens (primary N) is 1. The van der Waals surface area contributed by atoms with Crippen LogP contribution in [0.4, 0.5) is 5.13 Å². The number of nitrogens with zero attached hydrogens (tertiary/aromatic N) is 3. The predicted molar refractivity (Wildman–Crippen MR) is 75.6 cm³/mol. The van der Waals surface area contributed by atoms with Gasteiger partial charge in [0.2, 0.25) is 5.88 Å². The van der Waals surface area contributed by atoms with Crippen LogP contribution < -0.4 is 10.5 Å².